The Bertz CT molecular complexity index is 1000. The van der Waals surface area contributed by atoms with E-state index in [1.165, 1.54) is 26.4 Å². The molecule has 0 aliphatic heterocycles. The largest absolute Gasteiger partial charge is 0.493 e. The lowest BCUT2D eigenvalue weighted by Crippen LogP contribution is -2.14. The molecule has 1 heterocycles. The predicted octanol–water partition coefficient (Wildman–Crippen LogP) is 1.88. The van der Waals surface area contributed by atoms with Gasteiger partial charge >= 0.3 is 17.2 Å². The van der Waals surface area contributed by atoms with Crippen LogP contribution in [0.5, 0.6) is 17.4 Å². The summed E-state index contributed by atoms with van der Waals surface area (Å²) < 4.78 is 15.6. The number of ether oxygens (including phenoxy) is 3. The number of nitro groups is 1. The van der Waals surface area contributed by atoms with Crippen LogP contribution in [-0.2, 0) is 9.53 Å². The second kappa shape index (κ2) is 8.99. The summed E-state index contributed by atoms with van der Waals surface area (Å²) in [6, 6.07) is 3.21. The first-order valence-corrected chi connectivity index (χ1v) is 8.29. The van der Waals surface area contributed by atoms with Crippen LogP contribution in [0, 0.1) is 10.1 Å². The van der Waals surface area contributed by atoms with Crippen LogP contribution in [0.4, 0.5) is 5.69 Å². The van der Waals surface area contributed by atoms with Crippen LogP contribution in [0.1, 0.15) is 11.4 Å². The van der Waals surface area contributed by atoms with Crippen molar-refractivity contribution in [3.63, 3.8) is 0 Å². The molecule has 1 aromatic carbocycles. The molecule has 0 atom stereocenters. The molecule has 11 nitrogen and oxygen atoms in total. The molecule has 0 saturated carbocycles. The van der Waals surface area contributed by atoms with E-state index in [9.17, 15) is 24.8 Å². The van der Waals surface area contributed by atoms with Gasteiger partial charge in [0.15, 0.2) is 18.1 Å². The van der Waals surface area contributed by atoms with E-state index in [4.69, 9.17) is 9.47 Å². The molecular weight excluding hydrogens is 442 g/mol. The van der Waals surface area contributed by atoms with Gasteiger partial charge in [0.2, 0.25) is 0 Å². The third-order valence-corrected chi connectivity index (χ3v) is 3.91. The van der Waals surface area contributed by atoms with Gasteiger partial charge in [0.1, 0.15) is 5.82 Å². The van der Waals surface area contributed by atoms with Gasteiger partial charge in [0.05, 0.1) is 23.6 Å². The molecule has 0 aliphatic rings. The molecule has 12 heteroatoms. The molecule has 0 saturated heterocycles. The van der Waals surface area contributed by atoms with Gasteiger partial charge in [-0.3, -0.25) is 14.9 Å². The van der Waals surface area contributed by atoms with Gasteiger partial charge in [-0.2, -0.15) is 4.98 Å². The zero-order chi connectivity index (χ0) is 20.8. The number of rotatable bonds is 7. The van der Waals surface area contributed by atoms with Crippen LogP contribution in [0.2, 0.25) is 0 Å². The van der Waals surface area contributed by atoms with Gasteiger partial charge in [-0.1, -0.05) is 6.08 Å². The van der Waals surface area contributed by atoms with E-state index < -0.39 is 28.0 Å². The smallest absolute Gasteiger partial charge is 0.395 e. The van der Waals surface area contributed by atoms with E-state index in [-0.39, 0.29) is 18.2 Å². The number of aromatic amines is 1. The lowest BCUT2D eigenvalue weighted by atomic mass is 10.2. The number of hydrogen-bond donors (Lipinski definition) is 2. The zero-order valence-electron chi connectivity index (χ0n) is 14.6. The molecule has 0 spiro atoms. The van der Waals surface area contributed by atoms with Gasteiger partial charge in [-0.15, -0.1) is 0 Å². The van der Waals surface area contributed by atoms with Crippen molar-refractivity contribution in [2.75, 3.05) is 20.8 Å². The summed E-state index contributed by atoms with van der Waals surface area (Å²) in [7, 11) is 2.65. The average Bonchev–Trinajstić information content (AvgIpc) is 2.63. The maximum absolute atomic E-state index is 11.7. The van der Waals surface area contributed by atoms with Crippen molar-refractivity contribution in [1.29, 1.82) is 0 Å². The fourth-order valence-electron chi connectivity index (χ4n) is 2.06. The number of benzene rings is 1. The highest BCUT2D eigenvalue weighted by molar-refractivity contribution is 9.10. The van der Waals surface area contributed by atoms with Gasteiger partial charge in [0, 0.05) is 0 Å². The van der Waals surface area contributed by atoms with Gasteiger partial charge in [0.25, 0.3) is 5.88 Å². The summed E-state index contributed by atoms with van der Waals surface area (Å²) in [4.78, 5) is 38.3. The molecule has 2 rings (SSSR count). The number of aromatic nitrogens is 2. The molecule has 0 amide bonds. The minimum atomic E-state index is -1.08. The molecule has 0 fully saturated rings. The summed E-state index contributed by atoms with van der Waals surface area (Å²) in [6.07, 6.45) is 2.85. The summed E-state index contributed by atoms with van der Waals surface area (Å²) >= 11 is 3.31. The number of esters is 1. The SMILES string of the molecule is COC(=O)COc1c(Br)cc(C=Cc2nc(O)c([N+](=O)[O-])c(=O)[nH]2)cc1OC. The lowest BCUT2D eigenvalue weighted by Gasteiger charge is -2.12. The summed E-state index contributed by atoms with van der Waals surface area (Å²) in [6.45, 7) is -0.312. The summed E-state index contributed by atoms with van der Waals surface area (Å²) in [5.41, 5.74) is -1.54. The highest BCUT2D eigenvalue weighted by Gasteiger charge is 2.21. The maximum Gasteiger partial charge on any atom is 0.395 e. The number of carbonyl (C=O) groups excluding carboxylic acids is 1. The Morgan fingerprint density at radius 2 is 2.11 bits per heavy atom. The lowest BCUT2D eigenvalue weighted by molar-refractivity contribution is -0.387. The van der Waals surface area contributed by atoms with Crippen LogP contribution >= 0.6 is 15.9 Å². The first-order valence-electron chi connectivity index (χ1n) is 7.49. The van der Waals surface area contributed by atoms with Crippen molar-refractivity contribution < 1.29 is 29.0 Å². The normalized spacial score (nSPS) is 10.7. The number of aromatic hydroxyl groups is 1. The van der Waals surface area contributed by atoms with E-state index in [0.717, 1.165) is 0 Å². The summed E-state index contributed by atoms with van der Waals surface area (Å²) in [5, 5.41) is 20.2. The standard InChI is InChI=1S/C16H14BrN3O8/c1-26-10-6-8(5-9(17)14(10)28-7-12(21)27-2)3-4-11-18-15(22)13(20(24)25)16(23)19-11/h3-6H,7H2,1-2H3,(H2,18,19,22,23). The third-order valence-electron chi connectivity index (χ3n) is 3.32. The number of carbonyl (C=O) groups is 1. The molecule has 0 unspecified atom stereocenters. The molecule has 0 bridgehead atoms. The molecule has 1 aromatic heterocycles. The van der Waals surface area contributed by atoms with Crippen LogP contribution in [0.3, 0.4) is 0 Å². The van der Waals surface area contributed by atoms with Crippen LogP contribution in [0.25, 0.3) is 12.2 Å². The Labute approximate surface area is 165 Å². The number of halogens is 1. The van der Waals surface area contributed by atoms with Gasteiger partial charge in [-0.05, 0) is 39.7 Å². The van der Waals surface area contributed by atoms with Crippen molar-refractivity contribution in [1.82, 2.24) is 9.97 Å². The van der Waals surface area contributed by atoms with E-state index in [1.807, 2.05) is 0 Å². The molecule has 2 N–H and O–H groups in total. The molecule has 0 radical (unpaired) electrons. The average molecular weight is 456 g/mol. The molecular formula is C16H14BrN3O8. The Hall–Kier alpha value is -3.41. The van der Waals surface area contributed by atoms with Crippen LogP contribution in [0.15, 0.2) is 21.4 Å². The van der Waals surface area contributed by atoms with E-state index in [0.29, 0.717) is 15.8 Å². The Kier molecular flexibility index (Phi) is 6.71. The Morgan fingerprint density at radius 3 is 2.68 bits per heavy atom. The Morgan fingerprint density at radius 1 is 1.39 bits per heavy atom. The van der Waals surface area contributed by atoms with Crippen LogP contribution in [-0.4, -0.2) is 46.8 Å². The number of methoxy groups -OCH3 is 2. The van der Waals surface area contributed by atoms with Crippen LogP contribution < -0.4 is 15.0 Å². The minimum absolute atomic E-state index is 0.0887. The van der Waals surface area contributed by atoms with E-state index in [2.05, 4.69) is 30.6 Å². The first-order chi connectivity index (χ1) is 13.3. The van der Waals surface area contributed by atoms with Crippen molar-refractivity contribution in [2.45, 2.75) is 0 Å². The fraction of sp³-hybridized carbons (Fsp3) is 0.188. The van der Waals surface area contributed by atoms with Crippen molar-refractivity contribution in [2.24, 2.45) is 0 Å². The second-order valence-corrected chi connectivity index (χ2v) is 5.97. The quantitative estimate of drug-likeness (QED) is 0.361. The Balaban J connectivity index is 2.32. The molecule has 148 valence electrons. The molecule has 2 aromatic rings. The van der Waals surface area contributed by atoms with Gasteiger partial charge < -0.3 is 24.3 Å². The summed E-state index contributed by atoms with van der Waals surface area (Å²) in [5.74, 6) is -1.05. The predicted molar refractivity (Wildman–Crippen MR) is 100 cm³/mol. The minimum Gasteiger partial charge on any atom is -0.493 e. The van der Waals surface area contributed by atoms with Gasteiger partial charge in [-0.25, -0.2) is 4.79 Å². The van der Waals surface area contributed by atoms with E-state index >= 15 is 0 Å². The number of hydrogen-bond acceptors (Lipinski definition) is 9. The fourth-order valence-corrected chi connectivity index (χ4v) is 2.63. The zero-order valence-corrected chi connectivity index (χ0v) is 16.2. The third kappa shape index (κ3) is 4.85. The highest BCUT2D eigenvalue weighted by Crippen LogP contribution is 2.37. The van der Waals surface area contributed by atoms with E-state index in [1.54, 1.807) is 12.1 Å². The molecule has 0 aliphatic carbocycles. The monoisotopic (exact) mass is 455 g/mol. The van der Waals surface area contributed by atoms with Crippen molar-refractivity contribution in [3.8, 4) is 17.4 Å². The number of nitrogens with zero attached hydrogens (tertiary/aromatic N) is 2. The maximum atomic E-state index is 11.7. The number of nitrogens with one attached hydrogen (secondary N) is 1. The second-order valence-electron chi connectivity index (χ2n) is 5.11. The van der Waals surface area contributed by atoms with Crippen molar-refractivity contribution in [3.05, 3.63) is 48.5 Å². The number of H-pyrrole nitrogens is 1. The topological polar surface area (TPSA) is 154 Å². The van der Waals surface area contributed by atoms with Crippen molar-refractivity contribution >= 4 is 39.7 Å². The first kappa shape index (κ1) is 20.9. The highest BCUT2D eigenvalue weighted by atomic mass is 79.9. The molecule has 28 heavy (non-hydrogen) atoms.